The second kappa shape index (κ2) is 8.81. The Labute approximate surface area is 142 Å². The molecule has 0 saturated heterocycles. The number of hydrogen-bond acceptors (Lipinski definition) is 4. The maximum atomic E-state index is 11.7. The summed E-state index contributed by atoms with van der Waals surface area (Å²) >= 11 is 1.57. The van der Waals surface area contributed by atoms with Crippen LogP contribution >= 0.6 is 20.2 Å². The molecule has 0 radical (unpaired) electrons. The van der Waals surface area contributed by atoms with Gasteiger partial charge in [-0.2, -0.15) is 0 Å². The predicted octanol–water partition coefficient (Wildman–Crippen LogP) is 3.81. The highest BCUT2D eigenvalue weighted by molar-refractivity contribution is 7.99. The molecule has 0 aliphatic heterocycles. The first kappa shape index (κ1) is 18.4. The van der Waals surface area contributed by atoms with Crippen LogP contribution in [-0.2, 0) is 9.36 Å². The number of aliphatic carboxylic acids is 1. The van der Waals surface area contributed by atoms with E-state index in [1.807, 2.05) is 30.3 Å². The minimum atomic E-state index is -1.90. The van der Waals surface area contributed by atoms with Gasteiger partial charge in [-0.3, -0.25) is 0 Å². The lowest BCUT2D eigenvalue weighted by atomic mass is 9.73. The third-order valence-electron chi connectivity index (χ3n) is 4.72. The van der Waals surface area contributed by atoms with Crippen molar-refractivity contribution >= 4 is 26.2 Å². The number of carboxylic acids is 1. The summed E-state index contributed by atoms with van der Waals surface area (Å²) in [6.07, 6.45) is 5.01. The van der Waals surface area contributed by atoms with E-state index < -0.39 is 20.0 Å². The minimum Gasteiger partial charge on any atom is -0.479 e. The number of hydrogen-bond donors (Lipinski definition) is 2. The summed E-state index contributed by atoms with van der Waals surface area (Å²) < 4.78 is 11.1. The molecule has 1 aliphatic rings. The molecular weight excluding hydrogens is 331 g/mol. The van der Waals surface area contributed by atoms with E-state index in [2.05, 4.69) is 0 Å². The molecule has 2 N–H and O–H groups in total. The first-order valence-electron chi connectivity index (χ1n) is 8.06. The van der Waals surface area contributed by atoms with Crippen LogP contribution < -0.4 is 0 Å². The van der Waals surface area contributed by atoms with Gasteiger partial charge in [0.2, 0.25) is 5.60 Å². The fraction of sp³-hybridized carbons (Fsp3) is 0.588. The van der Waals surface area contributed by atoms with Crippen molar-refractivity contribution in [3.05, 3.63) is 30.3 Å². The van der Waals surface area contributed by atoms with Gasteiger partial charge < -0.3 is 10.2 Å². The molecular formula is C17H24O4PS+. The van der Waals surface area contributed by atoms with Gasteiger partial charge in [-0.05, 0) is 18.1 Å². The number of benzene rings is 1. The van der Waals surface area contributed by atoms with Crippen molar-refractivity contribution < 1.29 is 19.6 Å². The topological polar surface area (TPSA) is 74.6 Å². The Kier molecular flexibility index (Phi) is 7.07. The van der Waals surface area contributed by atoms with Gasteiger partial charge in [0.15, 0.2) is 6.16 Å². The summed E-state index contributed by atoms with van der Waals surface area (Å²) in [4.78, 5) is 12.8. The zero-order valence-electron chi connectivity index (χ0n) is 13.1. The van der Waals surface area contributed by atoms with E-state index in [-0.39, 0.29) is 18.0 Å². The highest BCUT2D eigenvalue weighted by atomic mass is 32.2. The predicted molar refractivity (Wildman–Crippen MR) is 93.7 cm³/mol. The largest absolute Gasteiger partial charge is 0.479 e. The van der Waals surface area contributed by atoms with Crippen LogP contribution in [0.25, 0.3) is 0 Å². The van der Waals surface area contributed by atoms with Crippen LogP contribution in [0.5, 0.6) is 0 Å². The van der Waals surface area contributed by atoms with Gasteiger partial charge in [0.25, 0.3) is 0 Å². The monoisotopic (exact) mass is 355 g/mol. The molecule has 0 amide bonds. The summed E-state index contributed by atoms with van der Waals surface area (Å²) in [7, 11) is -0.810. The van der Waals surface area contributed by atoms with Crippen molar-refractivity contribution in [2.75, 3.05) is 11.9 Å². The maximum absolute atomic E-state index is 11.7. The fourth-order valence-electron chi connectivity index (χ4n) is 3.38. The van der Waals surface area contributed by atoms with Gasteiger partial charge in [0.05, 0.1) is 0 Å². The Hall–Kier alpha value is -0.900. The van der Waals surface area contributed by atoms with Crippen LogP contribution in [0.2, 0.25) is 0 Å². The molecule has 1 aromatic rings. The standard InChI is InChI=1S/C17H23O4PS/c18-16(19)17(20,12-22-21)15(13-7-3-1-4-8-13)11-23-14-9-5-2-6-10-14/h2,5-6,9-10,13,15,20H,1,3-4,7-8,11-12H2,(H,18,19)/p+1. The summed E-state index contributed by atoms with van der Waals surface area (Å²) in [6, 6.07) is 9.80. The Bertz CT molecular complexity index is 519. The van der Waals surface area contributed by atoms with Crippen LogP contribution in [0.1, 0.15) is 32.1 Å². The van der Waals surface area contributed by atoms with Crippen molar-refractivity contribution in [3.63, 3.8) is 0 Å². The molecule has 126 valence electrons. The van der Waals surface area contributed by atoms with Gasteiger partial charge in [-0.1, -0.05) is 54.9 Å². The Morgan fingerprint density at radius 1 is 1.26 bits per heavy atom. The van der Waals surface area contributed by atoms with Gasteiger partial charge in [0.1, 0.15) is 0 Å². The van der Waals surface area contributed by atoms with E-state index in [0.29, 0.717) is 5.75 Å². The lowest BCUT2D eigenvalue weighted by Gasteiger charge is -2.37. The van der Waals surface area contributed by atoms with Gasteiger partial charge >= 0.3 is 14.4 Å². The van der Waals surface area contributed by atoms with Gasteiger partial charge in [-0.25, -0.2) is 4.79 Å². The summed E-state index contributed by atoms with van der Waals surface area (Å²) in [6.45, 7) is 0. The molecule has 1 aromatic carbocycles. The number of aliphatic hydroxyl groups is 1. The molecule has 1 saturated carbocycles. The molecule has 6 heteroatoms. The number of carboxylic acid groups (broad SMARTS) is 1. The minimum absolute atomic E-state index is 0.178. The zero-order valence-corrected chi connectivity index (χ0v) is 14.9. The number of carbonyl (C=O) groups is 1. The molecule has 0 spiro atoms. The first-order valence-corrected chi connectivity index (χ1v) is 10.2. The van der Waals surface area contributed by atoms with Crippen LogP contribution in [0.15, 0.2) is 35.2 Å². The summed E-state index contributed by atoms with van der Waals surface area (Å²) in [5, 5.41) is 20.3. The molecule has 3 atom stereocenters. The lowest BCUT2D eigenvalue weighted by molar-refractivity contribution is -0.163. The Balaban J connectivity index is 2.19. The molecule has 23 heavy (non-hydrogen) atoms. The molecule has 0 aromatic heterocycles. The average Bonchev–Trinajstić information content (AvgIpc) is 2.57. The normalized spacial score (nSPS) is 20.0. The van der Waals surface area contributed by atoms with Crippen molar-refractivity contribution in [1.29, 1.82) is 0 Å². The highest BCUT2D eigenvalue weighted by Gasteiger charge is 2.50. The molecule has 1 aliphatic carbocycles. The smallest absolute Gasteiger partial charge is 0.340 e. The van der Waals surface area contributed by atoms with Crippen molar-refractivity contribution in [2.45, 2.75) is 42.6 Å². The zero-order chi connectivity index (χ0) is 16.7. The van der Waals surface area contributed by atoms with Crippen LogP contribution in [-0.4, -0.2) is 33.7 Å². The fourth-order valence-corrected chi connectivity index (χ4v) is 5.28. The first-order chi connectivity index (χ1) is 11.1. The second-order valence-electron chi connectivity index (χ2n) is 6.18. The van der Waals surface area contributed by atoms with E-state index >= 15 is 0 Å². The number of rotatable bonds is 8. The van der Waals surface area contributed by atoms with Crippen molar-refractivity contribution in [3.8, 4) is 0 Å². The van der Waals surface area contributed by atoms with Gasteiger partial charge in [-0.15, -0.1) is 11.8 Å². The van der Waals surface area contributed by atoms with Crippen molar-refractivity contribution in [2.24, 2.45) is 11.8 Å². The SMILES string of the molecule is O=[PH+]CC(O)(C(=O)O)C(CSc1ccccc1)C1CCCCC1. The Morgan fingerprint density at radius 3 is 2.48 bits per heavy atom. The van der Waals surface area contributed by atoms with E-state index in [1.165, 1.54) is 6.42 Å². The summed E-state index contributed by atoms with van der Waals surface area (Å²) in [5.74, 6) is -0.920. The number of thioether (sulfide) groups is 1. The average molecular weight is 355 g/mol. The van der Waals surface area contributed by atoms with E-state index in [1.54, 1.807) is 11.8 Å². The lowest BCUT2D eigenvalue weighted by Crippen LogP contribution is -2.52. The van der Waals surface area contributed by atoms with Gasteiger partial charge in [0, 0.05) is 16.6 Å². The third kappa shape index (κ3) is 4.79. The van der Waals surface area contributed by atoms with E-state index in [4.69, 9.17) is 0 Å². The quantitative estimate of drug-likeness (QED) is 0.548. The molecule has 0 bridgehead atoms. The molecule has 4 nitrogen and oxygen atoms in total. The second-order valence-corrected chi connectivity index (χ2v) is 7.91. The summed E-state index contributed by atoms with van der Waals surface area (Å²) in [5.41, 5.74) is -1.90. The van der Waals surface area contributed by atoms with Crippen LogP contribution in [0, 0.1) is 11.8 Å². The van der Waals surface area contributed by atoms with Crippen molar-refractivity contribution in [1.82, 2.24) is 0 Å². The molecule has 1 fully saturated rings. The molecule has 2 rings (SSSR count). The van der Waals surface area contributed by atoms with E-state index in [0.717, 1.165) is 30.6 Å². The highest BCUT2D eigenvalue weighted by Crippen LogP contribution is 2.40. The maximum Gasteiger partial charge on any atom is 0.340 e. The van der Waals surface area contributed by atoms with Crippen LogP contribution in [0.3, 0.4) is 0 Å². The third-order valence-corrected chi connectivity index (χ3v) is 6.53. The Morgan fingerprint density at radius 2 is 1.91 bits per heavy atom. The van der Waals surface area contributed by atoms with Crippen LogP contribution in [0.4, 0.5) is 0 Å². The van der Waals surface area contributed by atoms with E-state index in [9.17, 15) is 19.6 Å². The molecule has 0 heterocycles. The molecule has 3 unspecified atom stereocenters.